The topological polar surface area (TPSA) is 99.7 Å². The Morgan fingerprint density at radius 1 is 1.37 bits per heavy atom. The highest BCUT2D eigenvalue weighted by Gasteiger charge is 2.50. The number of alkyl halides is 3. The molecule has 0 amide bonds. The Bertz CT molecular complexity index is 982. The molecule has 1 aliphatic rings. The molecule has 7 nitrogen and oxygen atoms in total. The van der Waals surface area contributed by atoms with Crippen molar-refractivity contribution in [3.63, 3.8) is 0 Å². The Kier molecular flexibility index (Phi) is 5.89. The minimum Gasteiger partial charge on any atom is -0.481 e. The molecule has 3 heterocycles. The van der Waals surface area contributed by atoms with E-state index in [0.29, 0.717) is 10.6 Å². The van der Waals surface area contributed by atoms with E-state index < -0.39 is 30.3 Å². The number of amidine groups is 1. The van der Waals surface area contributed by atoms with Gasteiger partial charge in [-0.3, -0.25) is 9.78 Å². The summed E-state index contributed by atoms with van der Waals surface area (Å²) in [6.07, 6.45) is -4.60. The number of ketones is 1. The van der Waals surface area contributed by atoms with Gasteiger partial charge in [-0.15, -0.1) is 0 Å². The molecule has 0 bridgehead atoms. The van der Waals surface area contributed by atoms with Gasteiger partial charge in [-0.1, -0.05) is 11.6 Å². The van der Waals surface area contributed by atoms with Crippen molar-refractivity contribution in [2.75, 3.05) is 7.11 Å². The number of aromatic nitrogens is 2. The zero-order valence-corrected chi connectivity index (χ0v) is 16.8. The number of rotatable bonds is 5. The fourth-order valence-corrected chi connectivity index (χ4v) is 3.29. The molecular weight excluding hydrogens is 425 g/mol. The van der Waals surface area contributed by atoms with Gasteiger partial charge in [-0.2, -0.15) is 13.2 Å². The molecule has 0 spiro atoms. The Labute approximate surface area is 175 Å². The van der Waals surface area contributed by atoms with E-state index in [1.54, 1.807) is 0 Å². The zero-order valence-electron chi connectivity index (χ0n) is 16.0. The van der Waals surface area contributed by atoms with Gasteiger partial charge in [0, 0.05) is 30.8 Å². The Hall–Kier alpha value is -2.88. The van der Waals surface area contributed by atoms with E-state index in [-0.39, 0.29) is 29.3 Å². The van der Waals surface area contributed by atoms with Gasteiger partial charge >= 0.3 is 6.18 Å². The number of carbonyl (C=O) groups excluding carboxylic acids is 1. The van der Waals surface area contributed by atoms with Crippen LogP contribution in [0, 0.1) is 0 Å². The van der Waals surface area contributed by atoms with E-state index >= 15 is 0 Å². The van der Waals surface area contributed by atoms with Crippen LogP contribution in [0.3, 0.4) is 0 Å². The number of ether oxygens (including phenoxy) is 2. The van der Waals surface area contributed by atoms with E-state index in [0.717, 1.165) is 0 Å². The number of nitrogens with zero attached hydrogens (tertiary/aromatic N) is 3. The Morgan fingerprint density at radius 2 is 2.10 bits per heavy atom. The van der Waals surface area contributed by atoms with Gasteiger partial charge < -0.3 is 15.2 Å². The second-order valence-electron chi connectivity index (χ2n) is 6.94. The number of halogens is 4. The van der Waals surface area contributed by atoms with E-state index in [9.17, 15) is 18.0 Å². The maximum absolute atomic E-state index is 13.3. The lowest BCUT2D eigenvalue weighted by molar-refractivity contribution is -0.208. The first-order valence-corrected chi connectivity index (χ1v) is 9.16. The van der Waals surface area contributed by atoms with Crippen molar-refractivity contribution in [2.45, 2.75) is 37.6 Å². The minimum absolute atomic E-state index is 0.0763. The molecule has 2 N–H and O–H groups in total. The number of methoxy groups -OCH3 is 1. The third kappa shape index (κ3) is 4.64. The van der Waals surface area contributed by atoms with Gasteiger partial charge in [0.25, 0.3) is 6.02 Å². The normalized spacial score (nSPS) is 21.5. The average molecular weight is 443 g/mol. The van der Waals surface area contributed by atoms with Gasteiger partial charge in [0.2, 0.25) is 5.88 Å². The van der Waals surface area contributed by atoms with Crippen LogP contribution < -0.4 is 10.5 Å². The molecule has 30 heavy (non-hydrogen) atoms. The highest BCUT2D eigenvalue weighted by molar-refractivity contribution is 6.30. The molecular formula is C19H18ClF3N4O3. The van der Waals surface area contributed by atoms with E-state index in [1.165, 1.54) is 44.6 Å². The number of Topliss-reactive ketones (excluding diaryl/α,β-unsaturated/α-hetero) is 1. The van der Waals surface area contributed by atoms with Crippen molar-refractivity contribution in [1.82, 2.24) is 9.97 Å². The van der Waals surface area contributed by atoms with Crippen molar-refractivity contribution < 1.29 is 27.4 Å². The number of nitrogens with two attached hydrogens (primary N) is 1. The summed E-state index contributed by atoms with van der Waals surface area (Å²) in [5, 5.41) is 0.391. The first kappa shape index (κ1) is 21.8. The maximum atomic E-state index is 13.3. The lowest BCUT2D eigenvalue weighted by atomic mass is 9.85. The largest absolute Gasteiger partial charge is 0.481 e. The fraction of sp³-hybridized carbons (Fsp3) is 0.368. The summed E-state index contributed by atoms with van der Waals surface area (Å²) in [5.74, 6) is -0.226. The molecule has 0 aliphatic carbocycles. The van der Waals surface area contributed by atoms with Crippen LogP contribution in [-0.4, -0.2) is 41.2 Å². The molecule has 0 fully saturated rings. The summed E-state index contributed by atoms with van der Waals surface area (Å²) in [4.78, 5) is 24.7. The number of hydrogen-bond acceptors (Lipinski definition) is 7. The lowest BCUT2D eigenvalue weighted by Crippen LogP contribution is -2.46. The van der Waals surface area contributed by atoms with Crippen LogP contribution >= 0.6 is 11.6 Å². The fourth-order valence-electron chi connectivity index (χ4n) is 3.17. The summed E-state index contributed by atoms with van der Waals surface area (Å²) in [6, 6.07) is 3.98. The smallest absolute Gasteiger partial charge is 0.425 e. The number of aliphatic imine (C=N–C) groups is 1. The van der Waals surface area contributed by atoms with Crippen molar-refractivity contribution in [3.05, 3.63) is 52.4 Å². The zero-order chi connectivity index (χ0) is 22.1. The maximum Gasteiger partial charge on any atom is 0.425 e. The van der Waals surface area contributed by atoms with Gasteiger partial charge in [-0.25, -0.2) is 9.98 Å². The predicted octanol–water partition coefficient (Wildman–Crippen LogP) is 3.45. The monoisotopic (exact) mass is 442 g/mol. The van der Waals surface area contributed by atoms with Crippen LogP contribution in [-0.2, 0) is 16.7 Å². The minimum atomic E-state index is -4.63. The standard InChI is InChI=1S/C19H18ClF3N4O3/c1-18(7-15(19(21,22)23)30-17(24)27-18)12-5-10(8-26-16(12)29-2)6-14(28)13-4-3-11(20)9-25-13/h3-5,8-9,15H,6-7H2,1-2H3,(H2,24,27)/t15-,18-/m0/s1. The Morgan fingerprint density at radius 3 is 2.70 bits per heavy atom. The summed E-state index contributed by atoms with van der Waals surface area (Å²) in [5.41, 5.74) is 5.03. The quantitative estimate of drug-likeness (QED) is 0.712. The number of pyridine rings is 2. The second kappa shape index (κ2) is 8.10. The van der Waals surface area contributed by atoms with Crippen molar-refractivity contribution in [3.8, 4) is 5.88 Å². The van der Waals surface area contributed by atoms with Crippen molar-refractivity contribution >= 4 is 23.4 Å². The lowest BCUT2D eigenvalue weighted by Gasteiger charge is -2.36. The molecule has 0 saturated heterocycles. The molecule has 2 aromatic heterocycles. The van der Waals surface area contributed by atoms with Crippen molar-refractivity contribution in [1.29, 1.82) is 0 Å². The third-order valence-electron chi connectivity index (χ3n) is 4.63. The van der Waals surface area contributed by atoms with Crippen LogP contribution in [0.2, 0.25) is 5.02 Å². The summed E-state index contributed by atoms with van der Waals surface area (Å²) in [6.45, 7) is 1.48. The highest BCUT2D eigenvalue weighted by Crippen LogP contribution is 2.42. The van der Waals surface area contributed by atoms with Gasteiger partial charge in [0.05, 0.1) is 17.7 Å². The molecule has 11 heteroatoms. The molecule has 0 saturated carbocycles. The first-order chi connectivity index (χ1) is 14.0. The van der Waals surface area contributed by atoms with Gasteiger partial charge in [0.1, 0.15) is 5.69 Å². The van der Waals surface area contributed by atoms with Crippen LogP contribution in [0.15, 0.2) is 35.6 Å². The number of carbonyl (C=O) groups is 1. The second-order valence-corrected chi connectivity index (χ2v) is 7.37. The van der Waals surface area contributed by atoms with E-state index in [4.69, 9.17) is 22.1 Å². The third-order valence-corrected chi connectivity index (χ3v) is 4.85. The van der Waals surface area contributed by atoms with Crippen LogP contribution in [0.25, 0.3) is 0 Å². The highest BCUT2D eigenvalue weighted by atomic mass is 35.5. The molecule has 0 radical (unpaired) electrons. The van der Waals surface area contributed by atoms with Crippen LogP contribution in [0.4, 0.5) is 13.2 Å². The Balaban J connectivity index is 1.95. The molecule has 2 aromatic rings. The van der Waals surface area contributed by atoms with Gasteiger partial charge in [-0.05, 0) is 30.7 Å². The molecule has 3 rings (SSSR count). The molecule has 2 atom stereocenters. The molecule has 1 aliphatic heterocycles. The van der Waals surface area contributed by atoms with E-state index in [1.807, 2.05) is 0 Å². The predicted molar refractivity (Wildman–Crippen MR) is 103 cm³/mol. The molecule has 0 aromatic carbocycles. The molecule has 0 unspecified atom stereocenters. The average Bonchev–Trinajstić information content (AvgIpc) is 2.67. The summed E-state index contributed by atoms with van der Waals surface area (Å²) >= 11 is 5.78. The first-order valence-electron chi connectivity index (χ1n) is 8.78. The number of hydrogen-bond donors (Lipinski definition) is 1. The summed E-state index contributed by atoms with van der Waals surface area (Å²) < 4.78 is 49.7. The van der Waals surface area contributed by atoms with Crippen molar-refractivity contribution in [2.24, 2.45) is 10.7 Å². The van der Waals surface area contributed by atoms with Crippen LogP contribution in [0.5, 0.6) is 5.88 Å². The van der Waals surface area contributed by atoms with E-state index in [2.05, 4.69) is 19.7 Å². The molecule has 160 valence electrons. The summed E-state index contributed by atoms with van der Waals surface area (Å²) in [7, 11) is 1.34. The SMILES string of the molecule is COc1ncc(CC(=O)c2ccc(Cl)cn2)cc1[C@]1(C)C[C@@H](C(F)(F)F)OC(N)=N1. The van der Waals surface area contributed by atoms with Crippen LogP contribution in [0.1, 0.15) is 35.0 Å². The van der Waals surface area contributed by atoms with Gasteiger partial charge in [0.15, 0.2) is 11.9 Å².